The molecule has 0 radical (unpaired) electrons. The summed E-state index contributed by atoms with van der Waals surface area (Å²) < 4.78 is 4.92. The van der Waals surface area contributed by atoms with Crippen LogP contribution in [0.2, 0.25) is 0 Å². The summed E-state index contributed by atoms with van der Waals surface area (Å²) in [6.07, 6.45) is -0.245. The molecule has 3 N–H and O–H groups in total. The van der Waals surface area contributed by atoms with Crippen LogP contribution in [0.3, 0.4) is 0 Å². The highest BCUT2D eigenvalue weighted by Gasteiger charge is 2.16. The fourth-order valence-corrected chi connectivity index (χ4v) is 0.595. The molecule has 4 heteroatoms. The Labute approximate surface area is 65.7 Å². The van der Waals surface area contributed by atoms with Crippen molar-refractivity contribution in [3.05, 3.63) is 12.7 Å². The van der Waals surface area contributed by atoms with Crippen LogP contribution in [0.1, 0.15) is 0 Å². The van der Waals surface area contributed by atoms with Gasteiger partial charge in [-0.25, -0.2) is 0 Å². The molecule has 0 saturated carbocycles. The first-order valence-corrected chi connectivity index (χ1v) is 3.38. The van der Waals surface area contributed by atoms with Gasteiger partial charge in [0.15, 0.2) is 0 Å². The molecule has 11 heavy (non-hydrogen) atoms. The van der Waals surface area contributed by atoms with Gasteiger partial charge in [-0.3, -0.25) is 0 Å². The van der Waals surface area contributed by atoms with Crippen molar-refractivity contribution in [1.82, 2.24) is 0 Å². The Hall–Kier alpha value is -0.420. The molecule has 0 aliphatic heterocycles. The van der Waals surface area contributed by atoms with Crippen LogP contribution < -0.4 is 0 Å². The molecule has 0 aromatic heterocycles. The fraction of sp³-hybridized carbons (Fsp3) is 0.714. The van der Waals surface area contributed by atoms with Crippen molar-refractivity contribution >= 4 is 0 Å². The Balaban J connectivity index is 3.64. The van der Waals surface area contributed by atoms with E-state index in [0.717, 1.165) is 0 Å². The third-order valence-corrected chi connectivity index (χ3v) is 1.22. The molecule has 0 heterocycles. The first kappa shape index (κ1) is 10.6. The van der Waals surface area contributed by atoms with Gasteiger partial charge in [0, 0.05) is 0 Å². The van der Waals surface area contributed by atoms with Gasteiger partial charge in [0.05, 0.1) is 19.8 Å². The minimum Gasteiger partial charge on any atom is -0.394 e. The van der Waals surface area contributed by atoms with E-state index in [1.165, 1.54) is 6.08 Å². The van der Waals surface area contributed by atoms with Gasteiger partial charge in [0.2, 0.25) is 0 Å². The molecule has 66 valence electrons. The van der Waals surface area contributed by atoms with Gasteiger partial charge in [0.25, 0.3) is 0 Å². The fourth-order valence-electron chi connectivity index (χ4n) is 0.595. The van der Waals surface area contributed by atoms with Crippen LogP contribution in [0.5, 0.6) is 0 Å². The van der Waals surface area contributed by atoms with Crippen molar-refractivity contribution in [2.24, 2.45) is 0 Å². The number of hydrogen-bond donors (Lipinski definition) is 3. The number of ether oxygens (including phenoxy) is 1. The van der Waals surface area contributed by atoms with E-state index in [-0.39, 0.29) is 13.2 Å². The molecule has 0 saturated heterocycles. The normalized spacial score (nSPS) is 15.9. The second-order valence-corrected chi connectivity index (χ2v) is 2.09. The quantitative estimate of drug-likeness (QED) is 0.434. The summed E-state index contributed by atoms with van der Waals surface area (Å²) in [4.78, 5) is 0. The summed E-state index contributed by atoms with van der Waals surface area (Å²) in [6, 6.07) is 0. The summed E-state index contributed by atoms with van der Waals surface area (Å²) in [5.74, 6) is 0. The van der Waals surface area contributed by atoms with E-state index in [1.807, 2.05) is 0 Å². The molecule has 0 unspecified atom stereocenters. The van der Waals surface area contributed by atoms with Gasteiger partial charge >= 0.3 is 0 Å². The summed E-state index contributed by atoms with van der Waals surface area (Å²) >= 11 is 0. The molecular formula is C7H14O4. The Morgan fingerprint density at radius 1 is 1.36 bits per heavy atom. The Kier molecular flexibility index (Phi) is 6.06. The summed E-state index contributed by atoms with van der Waals surface area (Å²) in [5.41, 5.74) is 0. The third-order valence-electron chi connectivity index (χ3n) is 1.22. The molecule has 0 aliphatic carbocycles. The molecule has 4 nitrogen and oxygen atoms in total. The number of hydrogen-bond acceptors (Lipinski definition) is 4. The average Bonchev–Trinajstić information content (AvgIpc) is 2.05. The van der Waals surface area contributed by atoms with Crippen LogP contribution in [0, 0.1) is 0 Å². The number of aliphatic hydroxyl groups excluding tert-OH is 3. The van der Waals surface area contributed by atoms with E-state index in [4.69, 9.17) is 20.1 Å². The molecule has 0 spiro atoms. The standard InChI is InChI=1S/C7H14O4/c1-2-3-11-7(5-9)6(10)4-8/h2,6-10H,1,3-5H2/t6-,7+/m1/s1. The minimum atomic E-state index is -1.03. The number of aliphatic hydroxyl groups is 3. The minimum absolute atomic E-state index is 0.252. The largest absolute Gasteiger partial charge is 0.394 e. The summed E-state index contributed by atoms with van der Waals surface area (Å²) in [7, 11) is 0. The maximum absolute atomic E-state index is 8.98. The second kappa shape index (κ2) is 6.30. The topological polar surface area (TPSA) is 69.9 Å². The van der Waals surface area contributed by atoms with Crippen LogP contribution in [0.4, 0.5) is 0 Å². The van der Waals surface area contributed by atoms with Crippen molar-refractivity contribution in [1.29, 1.82) is 0 Å². The third kappa shape index (κ3) is 4.10. The van der Waals surface area contributed by atoms with Crippen LogP contribution >= 0.6 is 0 Å². The first-order valence-electron chi connectivity index (χ1n) is 3.38. The maximum atomic E-state index is 8.98. The molecule has 2 atom stereocenters. The Morgan fingerprint density at radius 2 is 2.00 bits per heavy atom. The second-order valence-electron chi connectivity index (χ2n) is 2.09. The monoisotopic (exact) mass is 162 g/mol. The van der Waals surface area contributed by atoms with Crippen molar-refractivity contribution in [3.63, 3.8) is 0 Å². The van der Waals surface area contributed by atoms with Gasteiger partial charge in [-0.2, -0.15) is 0 Å². The molecule has 0 fully saturated rings. The smallest absolute Gasteiger partial charge is 0.109 e. The van der Waals surface area contributed by atoms with E-state index in [9.17, 15) is 0 Å². The zero-order valence-corrected chi connectivity index (χ0v) is 6.31. The van der Waals surface area contributed by atoms with Gasteiger partial charge < -0.3 is 20.1 Å². The van der Waals surface area contributed by atoms with Gasteiger partial charge in [-0.05, 0) is 0 Å². The van der Waals surface area contributed by atoms with Crippen LogP contribution in [0.15, 0.2) is 12.7 Å². The predicted molar refractivity (Wildman–Crippen MR) is 40.1 cm³/mol. The van der Waals surface area contributed by atoms with Crippen LogP contribution in [-0.4, -0.2) is 47.3 Å². The lowest BCUT2D eigenvalue weighted by atomic mass is 10.2. The molecule has 0 aromatic carbocycles. The lowest BCUT2D eigenvalue weighted by Crippen LogP contribution is -2.35. The maximum Gasteiger partial charge on any atom is 0.109 e. The molecule has 0 aliphatic rings. The van der Waals surface area contributed by atoms with E-state index < -0.39 is 18.8 Å². The molecular weight excluding hydrogens is 148 g/mol. The number of rotatable bonds is 6. The predicted octanol–water partition coefficient (Wildman–Crippen LogP) is -1.10. The molecule has 0 aromatic rings. The highest BCUT2D eigenvalue weighted by molar-refractivity contribution is 4.71. The van der Waals surface area contributed by atoms with E-state index in [2.05, 4.69) is 6.58 Å². The highest BCUT2D eigenvalue weighted by Crippen LogP contribution is 1.97. The lowest BCUT2D eigenvalue weighted by molar-refractivity contribution is -0.0714. The molecule has 0 bridgehead atoms. The molecule has 0 rings (SSSR count). The SMILES string of the molecule is C=CCO[C@@H](CO)[C@H](O)CO. The van der Waals surface area contributed by atoms with E-state index >= 15 is 0 Å². The van der Waals surface area contributed by atoms with Crippen molar-refractivity contribution in [2.75, 3.05) is 19.8 Å². The summed E-state index contributed by atoms with van der Waals surface area (Å²) in [6.45, 7) is 2.93. The first-order chi connectivity index (χ1) is 5.26. The van der Waals surface area contributed by atoms with Crippen molar-refractivity contribution in [3.8, 4) is 0 Å². The van der Waals surface area contributed by atoms with Crippen LogP contribution in [-0.2, 0) is 4.74 Å². The Morgan fingerprint density at radius 3 is 2.36 bits per heavy atom. The summed E-state index contributed by atoms with van der Waals surface area (Å²) in [5, 5.41) is 26.1. The lowest BCUT2D eigenvalue weighted by Gasteiger charge is -2.18. The van der Waals surface area contributed by atoms with Gasteiger partial charge in [-0.1, -0.05) is 6.08 Å². The average molecular weight is 162 g/mol. The highest BCUT2D eigenvalue weighted by atomic mass is 16.5. The molecule has 0 amide bonds. The van der Waals surface area contributed by atoms with Gasteiger partial charge in [0.1, 0.15) is 12.2 Å². The van der Waals surface area contributed by atoms with E-state index in [0.29, 0.717) is 0 Å². The van der Waals surface area contributed by atoms with Crippen LogP contribution in [0.25, 0.3) is 0 Å². The Bertz CT molecular complexity index is 105. The van der Waals surface area contributed by atoms with Gasteiger partial charge in [-0.15, -0.1) is 6.58 Å². The zero-order chi connectivity index (χ0) is 8.69. The zero-order valence-electron chi connectivity index (χ0n) is 6.31. The van der Waals surface area contributed by atoms with E-state index in [1.54, 1.807) is 0 Å². The van der Waals surface area contributed by atoms with Crippen molar-refractivity contribution in [2.45, 2.75) is 12.2 Å². The van der Waals surface area contributed by atoms with Crippen molar-refractivity contribution < 1.29 is 20.1 Å².